The SMILES string of the molecule is Cc1cnccc1-c1nc(N)nc2[nH]ncc12. The molecule has 0 spiro atoms. The third kappa shape index (κ3) is 1.50. The molecule has 0 fully saturated rings. The van der Waals surface area contributed by atoms with E-state index in [9.17, 15) is 0 Å². The maximum absolute atomic E-state index is 5.69. The molecule has 0 radical (unpaired) electrons. The average Bonchev–Trinajstić information content (AvgIpc) is 2.76. The lowest BCUT2D eigenvalue weighted by Crippen LogP contribution is -1.98. The Morgan fingerprint density at radius 2 is 2.12 bits per heavy atom. The number of H-pyrrole nitrogens is 1. The standard InChI is InChI=1S/C11H10N6/c1-6-4-13-3-2-7(6)9-8-5-14-17-10(8)16-11(12)15-9/h2-5H,1H3,(H3,12,14,15,16,17). The molecule has 0 amide bonds. The number of aryl methyl sites for hydroxylation is 1. The molecule has 6 nitrogen and oxygen atoms in total. The van der Waals surface area contributed by atoms with E-state index in [1.54, 1.807) is 18.6 Å². The molecule has 0 bridgehead atoms. The highest BCUT2D eigenvalue weighted by molar-refractivity contribution is 5.91. The van der Waals surface area contributed by atoms with Crippen molar-refractivity contribution in [2.45, 2.75) is 6.92 Å². The van der Waals surface area contributed by atoms with Gasteiger partial charge >= 0.3 is 0 Å². The zero-order chi connectivity index (χ0) is 11.8. The molecular formula is C11H10N6. The summed E-state index contributed by atoms with van der Waals surface area (Å²) in [6.07, 6.45) is 5.22. The topological polar surface area (TPSA) is 93.4 Å². The van der Waals surface area contributed by atoms with Crippen molar-refractivity contribution in [3.63, 3.8) is 0 Å². The van der Waals surface area contributed by atoms with E-state index in [1.807, 2.05) is 13.0 Å². The maximum Gasteiger partial charge on any atom is 0.222 e. The van der Waals surface area contributed by atoms with Crippen LogP contribution in [0.4, 0.5) is 5.95 Å². The number of nitrogens with two attached hydrogens (primary N) is 1. The van der Waals surface area contributed by atoms with Gasteiger partial charge in [0.1, 0.15) is 0 Å². The van der Waals surface area contributed by atoms with E-state index in [0.29, 0.717) is 5.65 Å². The van der Waals surface area contributed by atoms with E-state index >= 15 is 0 Å². The average molecular weight is 226 g/mol. The lowest BCUT2D eigenvalue weighted by molar-refractivity contribution is 1.09. The van der Waals surface area contributed by atoms with Crippen LogP contribution >= 0.6 is 0 Å². The van der Waals surface area contributed by atoms with E-state index < -0.39 is 0 Å². The quantitative estimate of drug-likeness (QED) is 0.652. The molecule has 0 aliphatic heterocycles. The van der Waals surface area contributed by atoms with E-state index in [0.717, 1.165) is 22.2 Å². The molecule has 0 unspecified atom stereocenters. The molecule has 3 heterocycles. The van der Waals surface area contributed by atoms with Crippen LogP contribution in [0.25, 0.3) is 22.3 Å². The fourth-order valence-electron chi connectivity index (χ4n) is 1.80. The number of nitrogens with zero attached hydrogens (tertiary/aromatic N) is 4. The van der Waals surface area contributed by atoms with Gasteiger partial charge < -0.3 is 5.73 Å². The molecular weight excluding hydrogens is 216 g/mol. The van der Waals surface area contributed by atoms with Crippen molar-refractivity contribution in [1.82, 2.24) is 25.1 Å². The van der Waals surface area contributed by atoms with Gasteiger partial charge in [0, 0.05) is 18.0 Å². The smallest absolute Gasteiger partial charge is 0.222 e. The van der Waals surface area contributed by atoms with E-state index in [4.69, 9.17) is 5.73 Å². The summed E-state index contributed by atoms with van der Waals surface area (Å²) in [5, 5.41) is 7.61. The summed E-state index contributed by atoms with van der Waals surface area (Å²) in [5.74, 6) is 0.230. The molecule has 0 saturated carbocycles. The van der Waals surface area contributed by atoms with Crippen LogP contribution in [0.3, 0.4) is 0 Å². The number of hydrogen-bond acceptors (Lipinski definition) is 5. The van der Waals surface area contributed by atoms with Crippen molar-refractivity contribution >= 4 is 17.0 Å². The summed E-state index contributed by atoms with van der Waals surface area (Å²) < 4.78 is 0. The second-order valence-electron chi connectivity index (χ2n) is 3.75. The predicted octanol–water partition coefficient (Wildman–Crippen LogP) is 1.31. The molecule has 6 heteroatoms. The molecule has 84 valence electrons. The third-order valence-electron chi connectivity index (χ3n) is 2.60. The fraction of sp³-hybridized carbons (Fsp3) is 0.0909. The van der Waals surface area contributed by atoms with Crippen LogP contribution in [0.2, 0.25) is 0 Å². The first-order chi connectivity index (χ1) is 8.25. The highest BCUT2D eigenvalue weighted by Crippen LogP contribution is 2.27. The number of rotatable bonds is 1. The highest BCUT2D eigenvalue weighted by atomic mass is 15.2. The number of pyridine rings is 1. The van der Waals surface area contributed by atoms with Gasteiger partial charge in [-0.25, -0.2) is 4.98 Å². The van der Waals surface area contributed by atoms with Crippen LogP contribution in [-0.4, -0.2) is 25.1 Å². The number of anilines is 1. The van der Waals surface area contributed by atoms with E-state index in [-0.39, 0.29) is 5.95 Å². The molecule has 0 aliphatic carbocycles. The molecule has 3 aromatic heterocycles. The monoisotopic (exact) mass is 226 g/mol. The van der Waals surface area contributed by atoms with Gasteiger partial charge in [-0.3, -0.25) is 10.1 Å². The Hall–Kier alpha value is -2.50. The van der Waals surface area contributed by atoms with Crippen molar-refractivity contribution in [3.8, 4) is 11.3 Å². The van der Waals surface area contributed by atoms with Crippen molar-refractivity contribution in [2.24, 2.45) is 0 Å². The number of aromatic amines is 1. The number of nitrogens with one attached hydrogen (secondary N) is 1. The zero-order valence-corrected chi connectivity index (χ0v) is 9.18. The Morgan fingerprint density at radius 1 is 1.24 bits per heavy atom. The number of hydrogen-bond donors (Lipinski definition) is 2. The van der Waals surface area contributed by atoms with Crippen molar-refractivity contribution in [1.29, 1.82) is 0 Å². The summed E-state index contributed by atoms with van der Waals surface area (Å²) in [5.41, 5.74) is 9.13. The third-order valence-corrected chi connectivity index (χ3v) is 2.60. The molecule has 17 heavy (non-hydrogen) atoms. The first-order valence-electron chi connectivity index (χ1n) is 5.13. The van der Waals surface area contributed by atoms with Crippen LogP contribution in [0.1, 0.15) is 5.56 Å². The maximum atomic E-state index is 5.69. The van der Waals surface area contributed by atoms with Crippen LogP contribution in [0.5, 0.6) is 0 Å². The molecule has 0 aromatic carbocycles. The minimum absolute atomic E-state index is 0.230. The first kappa shape index (κ1) is 9.71. The Bertz CT molecular complexity index is 687. The van der Waals surface area contributed by atoms with Crippen molar-refractivity contribution < 1.29 is 0 Å². The normalized spacial score (nSPS) is 10.9. The van der Waals surface area contributed by atoms with Gasteiger partial charge in [-0.15, -0.1) is 0 Å². The van der Waals surface area contributed by atoms with Crippen LogP contribution in [0.15, 0.2) is 24.7 Å². The molecule has 3 aromatic rings. The minimum atomic E-state index is 0.230. The lowest BCUT2D eigenvalue weighted by atomic mass is 10.1. The lowest BCUT2D eigenvalue weighted by Gasteiger charge is -2.05. The van der Waals surface area contributed by atoms with Crippen LogP contribution < -0.4 is 5.73 Å². The minimum Gasteiger partial charge on any atom is -0.368 e. The largest absolute Gasteiger partial charge is 0.368 e. The Morgan fingerprint density at radius 3 is 2.94 bits per heavy atom. The number of fused-ring (bicyclic) bond motifs is 1. The molecule has 3 N–H and O–H groups in total. The zero-order valence-electron chi connectivity index (χ0n) is 9.18. The molecule has 0 aliphatic rings. The molecule has 0 atom stereocenters. The summed E-state index contributed by atoms with van der Waals surface area (Å²) in [6.45, 7) is 1.98. The Kier molecular flexibility index (Phi) is 2.01. The first-order valence-corrected chi connectivity index (χ1v) is 5.13. The van der Waals surface area contributed by atoms with Gasteiger partial charge in [0.2, 0.25) is 5.95 Å². The summed E-state index contributed by atoms with van der Waals surface area (Å²) in [7, 11) is 0. The van der Waals surface area contributed by atoms with Crippen molar-refractivity contribution in [2.75, 3.05) is 5.73 Å². The summed E-state index contributed by atoms with van der Waals surface area (Å²) in [4.78, 5) is 12.4. The van der Waals surface area contributed by atoms with Gasteiger partial charge in [0.15, 0.2) is 5.65 Å². The summed E-state index contributed by atoms with van der Waals surface area (Å²) in [6, 6.07) is 1.91. The summed E-state index contributed by atoms with van der Waals surface area (Å²) >= 11 is 0. The molecule has 3 rings (SSSR count). The molecule has 0 saturated heterocycles. The van der Waals surface area contributed by atoms with Gasteiger partial charge in [0.25, 0.3) is 0 Å². The van der Waals surface area contributed by atoms with E-state index in [2.05, 4.69) is 25.1 Å². The van der Waals surface area contributed by atoms with E-state index in [1.165, 1.54) is 0 Å². The highest BCUT2D eigenvalue weighted by Gasteiger charge is 2.11. The predicted molar refractivity (Wildman–Crippen MR) is 64.1 cm³/mol. The van der Waals surface area contributed by atoms with Gasteiger partial charge in [-0.05, 0) is 18.6 Å². The second-order valence-corrected chi connectivity index (χ2v) is 3.75. The van der Waals surface area contributed by atoms with Crippen LogP contribution in [0, 0.1) is 6.92 Å². The Labute approximate surface area is 96.9 Å². The van der Waals surface area contributed by atoms with Crippen molar-refractivity contribution in [3.05, 3.63) is 30.2 Å². The van der Waals surface area contributed by atoms with Gasteiger partial charge in [-0.2, -0.15) is 10.1 Å². The number of nitrogen functional groups attached to an aromatic ring is 1. The van der Waals surface area contributed by atoms with Crippen LogP contribution in [-0.2, 0) is 0 Å². The second kappa shape index (κ2) is 3.51. The van der Waals surface area contributed by atoms with Gasteiger partial charge in [0.05, 0.1) is 17.3 Å². The Balaban J connectivity index is 2.37. The number of aromatic nitrogens is 5. The van der Waals surface area contributed by atoms with Gasteiger partial charge in [-0.1, -0.05) is 0 Å². The fourth-order valence-corrected chi connectivity index (χ4v) is 1.80.